The molecule has 0 aliphatic carbocycles. The van der Waals surface area contributed by atoms with Crippen LogP contribution < -0.4 is 0 Å². The van der Waals surface area contributed by atoms with Gasteiger partial charge in [-0.25, -0.2) is 4.98 Å². The summed E-state index contributed by atoms with van der Waals surface area (Å²) in [6.07, 6.45) is 5.63. The van der Waals surface area contributed by atoms with E-state index < -0.39 is 5.60 Å². The van der Waals surface area contributed by atoms with Gasteiger partial charge >= 0.3 is 0 Å². The first-order valence-corrected chi connectivity index (χ1v) is 9.22. The van der Waals surface area contributed by atoms with Crippen molar-refractivity contribution < 1.29 is 14.6 Å². The number of hydrogen-bond acceptors (Lipinski definition) is 5. The number of imidazole rings is 1. The highest BCUT2D eigenvalue weighted by molar-refractivity contribution is 5.08. The maximum atomic E-state index is 11.4. The number of aliphatic hydroxyl groups is 1. The van der Waals surface area contributed by atoms with Crippen molar-refractivity contribution in [2.24, 2.45) is 11.8 Å². The average Bonchev–Trinajstić information content (AvgIpc) is 3.04. The lowest BCUT2D eigenvalue weighted by Crippen LogP contribution is -2.67. The molecule has 3 aliphatic rings. The van der Waals surface area contributed by atoms with Crippen LogP contribution in [0.4, 0.5) is 0 Å². The Morgan fingerprint density at radius 1 is 1.33 bits per heavy atom. The SMILES string of the molecule is CC(C)n1cncc1CN1C[C@@H]2COCC[C@]2(O)[C@H]2COCC[C@H]21. The van der Waals surface area contributed by atoms with Crippen LogP contribution in [0.2, 0.25) is 0 Å². The van der Waals surface area contributed by atoms with Crippen molar-refractivity contribution in [3.05, 3.63) is 18.2 Å². The van der Waals surface area contributed by atoms with E-state index in [1.54, 1.807) is 0 Å². The van der Waals surface area contributed by atoms with Gasteiger partial charge in [-0.15, -0.1) is 0 Å². The minimum atomic E-state index is -0.627. The van der Waals surface area contributed by atoms with E-state index in [1.165, 1.54) is 5.69 Å². The standard InChI is InChI=1S/C18H29N3O3/c1-13(2)21-12-19-7-15(21)9-20-8-14-10-24-6-4-18(14,22)16-11-23-5-3-17(16)20/h7,12-14,16-17,22H,3-6,8-11H2,1-2H3/t14-,16+,17-,18-/m1/s1. The Morgan fingerprint density at radius 3 is 3.00 bits per heavy atom. The van der Waals surface area contributed by atoms with Crippen LogP contribution in [-0.4, -0.2) is 64.2 Å². The molecule has 0 amide bonds. The van der Waals surface area contributed by atoms with Crippen LogP contribution in [0, 0.1) is 11.8 Å². The normalized spacial score (nSPS) is 37.2. The second-order valence-corrected chi connectivity index (χ2v) is 7.87. The third kappa shape index (κ3) is 2.69. The third-order valence-corrected chi connectivity index (χ3v) is 6.23. The lowest BCUT2D eigenvalue weighted by atomic mass is 9.66. The van der Waals surface area contributed by atoms with Crippen molar-refractivity contribution in [2.45, 2.75) is 50.9 Å². The molecule has 0 radical (unpaired) electrons. The lowest BCUT2D eigenvalue weighted by molar-refractivity contribution is -0.221. The van der Waals surface area contributed by atoms with Gasteiger partial charge in [-0.1, -0.05) is 0 Å². The molecule has 4 heterocycles. The number of rotatable bonds is 3. The average molecular weight is 335 g/mol. The summed E-state index contributed by atoms with van der Waals surface area (Å²) < 4.78 is 13.7. The maximum absolute atomic E-state index is 11.4. The number of piperidine rings is 1. The summed E-state index contributed by atoms with van der Waals surface area (Å²) in [7, 11) is 0. The van der Waals surface area contributed by atoms with Gasteiger partial charge in [-0.2, -0.15) is 0 Å². The number of ether oxygens (including phenoxy) is 2. The van der Waals surface area contributed by atoms with Gasteiger partial charge in [0.15, 0.2) is 0 Å². The minimum absolute atomic E-state index is 0.171. The van der Waals surface area contributed by atoms with Crippen LogP contribution in [0.1, 0.15) is 38.4 Å². The minimum Gasteiger partial charge on any atom is -0.389 e. The molecule has 6 nitrogen and oxygen atoms in total. The molecule has 4 rings (SSSR count). The first kappa shape index (κ1) is 16.5. The van der Waals surface area contributed by atoms with E-state index in [0.717, 1.165) is 32.5 Å². The summed E-state index contributed by atoms with van der Waals surface area (Å²) in [5.41, 5.74) is 0.621. The number of likely N-dealkylation sites (tertiary alicyclic amines) is 1. The van der Waals surface area contributed by atoms with Crippen LogP contribution in [0.15, 0.2) is 12.5 Å². The molecule has 24 heavy (non-hydrogen) atoms. The Bertz CT molecular complexity index is 576. The number of hydrogen-bond donors (Lipinski definition) is 1. The summed E-state index contributed by atoms with van der Waals surface area (Å²) >= 11 is 0. The predicted octanol–water partition coefficient (Wildman–Crippen LogP) is 1.45. The van der Waals surface area contributed by atoms with Crippen molar-refractivity contribution in [2.75, 3.05) is 33.0 Å². The van der Waals surface area contributed by atoms with Gasteiger partial charge in [-0.05, 0) is 20.3 Å². The first-order chi connectivity index (χ1) is 11.6. The number of nitrogens with zero attached hydrogens (tertiary/aromatic N) is 3. The molecule has 0 spiro atoms. The van der Waals surface area contributed by atoms with Crippen molar-refractivity contribution in [1.29, 1.82) is 0 Å². The molecule has 1 aromatic heterocycles. The van der Waals surface area contributed by atoms with E-state index in [-0.39, 0.29) is 11.8 Å². The van der Waals surface area contributed by atoms with Crippen LogP contribution >= 0.6 is 0 Å². The third-order valence-electron chi connectivity index (χ3n) is 6.23. The topological polar surface area (TPSA) is 59.8 Å². The van der Waals surface area contributed by atoms with E-state index in [9.17, 15) is 5.11 Å². The molecule has 0 unspecified atom stereocenters. The molecule has 0 saturated carbocycles. The fourth-order valence-electron chi connectivity index (χ4n) is 4.88. The molecular formula is C18H29N3O3. The molecule has 6 heteroatoms. The summed E-state index contributed by atoms with van der Waals surface area (Å²) in [6, 6.07) is 0.793. The van der Waals surface area contributed by atoms with Crippen molar-refractivity contribution in [3.63, 3.8) is 0 Å². The van der Waals surface area contributed by atoms with Gasteiger partial charge in [0.05, 0.1) is 30.8 Å². The van der Waals surface area contributed by atoms with Crippen LogP contribution in [-0.2, 0) is 16.0 Å². The van der Waals surface area contributed by atoms with Crippen molar-refractivity contribution >= 4 is 0 Å². The molecular weight excluding hydrogens is 306 g/mol. The van der Waals surface area contributed by atoms with Crippen LogP contribution in [0.3, 0.4) is 0 Å². The van der Waals surface area contributed by atoms with Gasteiger partial charge in [0.25, 0.3) is 0 Å². The van der Waals surface area contributed by atoms with Crippen LogP contribution in [0.5, 0.6) is 0 Å². The summed E-state index contributed by atoms with van der Waals surface area (Å²) in [6.45, 7) is 8.91. The van der Waals surface area contributed by atoms with E-state index in [1.807, 2.05) is 12.5 Å². The molecule has 0 bridgehead atoms. The smallest absolute Gasteiger partial charge is 0.0951 e. The van der Waals surface area contributed by atoms with Gasteiger partial charge in [0.2, 0.25) is 0 Å². The van der Waals surface area contributed by atoms with Crippen molar-refractivity contribution in [3.8, 4) is 0 Å². The second-order valence-electron chi connectivity index (χ2n) is 7.87. The predicted molar refractivity (Wildman–Crippen MR) is 89.6 cm³/mol. The van der Waals surface area contributed by atoms with E-state index in [0.29, 0.717) is 31.9 Å². The first-order valence-electron chi connectivity index (χ1n) is 9.22. The maximum Gasteiger partial charge on any atom is 0.0951 e. The van der Waals surface area contributed by atoms with E-state index >= 15 is 0 Å². The second kappa shape index (κ2) is 6.41. The Morgan fingerprint density at radius 2 is 2.17 bits per heavy atom. The number of aromatic nitrogens is 2. The molecule has 3 saturated heterocycles. The molecule has 1 aromatic rings. The zero-order valence-electron chi connectivity index (χ0n) is 14.7. The quantitative estimate of drug-likeness (QED) is 0.906. The Hall–Kier alpha value is -0.950. The van der Waals surface area contributed by atoms with Gasteiger partial charge in [0.1, 0.15) is 0 Å². The van der Waals surface area contributed by atoms with Gasteiger partial charge in [-0.3, -0.25) is 4.90 Å². The molecule has 3 fully saturated rings. The summed E-state index contributed by atoms with van der Waals surface area (Å²) in [5, 5.41) is 11.4. The van der Waals surface area contributed by atoms with Gasteiger partial charge < -0.3 is 19.1 Å². The van der Waals surface area contributed by atoms with E-state index in [4.69, 9.17) is 9.47 Å². The Balaban J connectivity index is 1.60. The fraction of sp³-hybridized carbons (Fsp3) is 0.833. The monoisotopic (exact) mass is 335 g/mol. The van der Waals surface area contributed by atoms with Crippen LogP contribution in [0.25, 0.3) is 0 Å². The molecule has 134 valence electrons. The fourth-order valence-corrected chi connectivity index (χ4v) is 4.88. The zero-order valence-corrected chi connectivity index (χ0v) is 14.7. The highest BCUT2D eigenvalue weighted by Crippen LogP contribution is 2.44. The number of fused-ring (bicyclic) bond motifs is 3. The summed E-state index contributed by atoms with van der Waals surface area (Å²) in [4.78, 5) is 6.88. The lowest BCUT2D eigenvalue weighted by Gasteiger charge is -2.57. The molecule has 4 atom stereocenters. The van der Waals surface area contributed by atoms with E-state index in [2.05, 4.69) is 28.3 Å². The molecule has 0 aromatic carbocycles. The molecule has 1 N–H and O–H groups in total. The largest absolute Gasteiger partial charge is 0.389 e. The molecule has 3 aliphatic heterocycles. The zero-order chi connectivity index (χ0) is 16.7. The summed E-state index contributed by atoms with van der Waals surface area (Å²) in [5.74, 6) is 0.356. The Kier molecular flexibility index (Phi) is 4.41. The van der Waals surface area contributed by atoms with Gasteiger partial charge in [0, 0.05) is 62.8 Å². The van der Waals surface area contributed by atoms with Crippen molar-refractivity contribution in [1.82, 2.24) is 14.5 Å². The Labute approximate surface area is 143 Å². The highest BCUT2D eigenvalue weighted by atomic mass is 16.5. The highest BCUT2D eigenvalue weighted by Gasteiger charge is 2.55.